The SMILES string of the molecule is COc1c(Cl)cccc1Nn1c(-c2ccncc2OC[C@H]2CCN2C(=O)/C=C/CN2CC[C@H](OC)C2)cc2c1CCNC2=O. The van der Waals surface area contributed by atoms with Gasteiger partial charge in [0.15, 0.2) is 5.75 Å². The Kier molecular flexibility index (Phi) is 9.06. The Morgan fingerprint density at radius 1 is 1.20 bits per heavy atom. The number of hydrogen-bond donors (Lipinski definition) is 2. The normalized spacial score (nSPS) is 19.9. The Morgan fingerprint density at radius 3 is 2.86 bits per heavy atom. The zero-order valence-electron chi connectivity index (χ0n) is 24.9. The van der Waals surface area contributed by atoms with E-state index in [0.29, 0.717) is 53.9 Å². The summed E-state index contributed by atoms with van der Waals surface area (Å²) in [5, 5.41) is 3.39. The van der Waals surface area contributed by atoms with Gasteiger partial charge in [0.2, 0.25) is 5.91 Å². The van der Waals surface area contributed by atoms with Gasteiger partial charge in [-0.2, -0.15) is 0 Å². The number of fused-ring (bicyclic) bond motifs is 1. The Balaban J connectivity index is 1.19. The Bertz CT molecular complexity index is 1560. The zero-order chi connectivity index (χ0) is 30.6. The van der Waals surface area contributed by atoms with Crippen LogP contribution in [0.15, 0.2) is 54.9 Å². The maximum Gasteiger partial charge on any atom is 0.253 e. The number of nitrogens with zero attached hydrogens (tertiary/aromatic N) is 4. The molecule has 0 saturated carbocycles. The van der Waals surface area contributed by atoms with Gasteiger partial charge in [-0.25, -0.2) is 0 Å². The average Bonchev–Trinajstić information content (AvgIpc) is 3.62. The molecule has 2 aromatic heterocycles. The van der Waals surface area contributed by atoms with Crippen LogP contribution >= 0.6 is 11.6 Å². The quantitative estimate of drug-likeness (QED) is 0.313. The molecule has 0 radical (unpaired) electrons. The highest BCUT2D eigenvalue weighted by Gasteiger charge is 2.32. The molecular formula is C32H37ClN6O5. The number of aromatic nitrogens is 2. The highest BCUT2D eigenvalue weighted by Crippen LogP contribution is 2.37. The van der Waals surface area contributed by atoms with Crippen molar-refractivity contribution in [2.45, 2.75) is 31.4 Å². The summed E-state index contributed by atoms with van der Waals surface area (Å²) in [6.07, 6.45) is 9.75. The molecule has 2 atom stereocenters. The first kappa shape index (κ1) is 30.0. The van der Waals surface area contributed by atoms with Gasteiger partial charge < -0.3 is 24.4 Å². The first-order chi connectivity index (χ1) is 21.5. The smallest absolute Gasteiger partial charge is 0.253 e. The average molecular weight is 621 g/mol. The van der Waals surface area contributed by atoms with Gasteiger partial charge in [0.25, 0.3) is 5.91 Å². The van der Waals surface area contributed by atoms with Crippen molar-refractivity contribution >= 4 is 29.1 Å². The van der Waals surface area contributed by atoms with Crippen molar-refractivity contribution in [1.82, 2.24) is 24.8 Å². The summed E-state index contributed by atoms with van der Waals surface area (Å²) in [7, 11) is 3.31. The van der Waals surface area contributed by atoms with Crippen molar-refractivity contribution in [2.24, 2.45) is 0 Å². The van der Waals surface area contributed by atoms with E-state index >= 15 is 0 Å². The molecule has 5 heterocycles. The van der Waals surface area contributed by atoms with E-state index in [1.54, 1.807) is 38.8 Å². The van der Waals surface area contributed by atoms with Crippen molar-refractivity contribution in [3.8, 4) is 22.8 Å². The molecule has 232 valence electrons. The minimum atomic E-state index is -0.137. The highest BCUT2D eigenvalue weighted by atomic mass is 35.5. The molecule has 2 fully saturated rings. The first-order valence-corrected chi connectivity index (χ1v) is 15.3. The molecule has 1 aromatic carbocycles. The van der Waals surface area contributed by atoms with E-state index in [-0.39, 0.29) is 24.0 Å². The van der Waals surface area contributed by atoms with Gasteiger partial charge in [-0.15, -0.1) is 0 Å². The minimum absolute atomic E-state index is 0.00835. The largest absolute Gasteiger partial charge is 0.493 e. The third-order valence-electron chi connectivity index (χ3n) is 8.50. The van der Waals surface area contributed by atoms with Crippen LogP contribution in [0.1, 0.15) is 28.9 Å². The Hall–Kier alpha value is -4.06. The number of carbonyl (C=O) groups excluding carboxylic acids is 2. The Labute approximate surface area is 261 Å². The summed E-state index contributed by atoms with van der Waals surface area (Å²) in [6.45, 7) is 4.15. The van der Waals surface area contributed by atoms with E-state index in [4.69, 9.17) is 25.8 Å². The van der Waals surface area contributed by atoms with Gasteiger partial charge in [0, 0.05) is 64.1 Å². The number of rotatable bonds is 11. The molecule has 3 aliphatic heterocycles. The molecule has 0 aliphatic carbocycles. The lowest BCUT2D eigenvalue weighted by Crippen LogP contribution is -2.53. The third kappa shape index (κ3) is 6.12. The maximum absolute atomic E-state index is 12.9. The fourth-order valence-corrected chi connectivity index (χ4v) is 6.24. The van der Waals surface area contributed by atoms with E-state index in [0.717, 1.165) is 49.4 Å². The standard InChI is InChI=1S/C32H37ClN6O5/c1-42-22-11-15-37(19-22)14-4-7-30(40)38-16-10-21(38)20-44-29-18-34-12-8-23(29)28-17-24-27(9-13-35-32(24)41)39(28)36-26-6-3-5-25(33)31(26)43-2/h3-8,12,17-18,21-22,36H,9-11,13-16,19-20H2,1-2H3,(H,35,41)/b7-4+/t21-,22+/m1/s1. The summed E-state index contributed by atoms with van der Waals surface area (Å²) in [4.78, 5) is 34.2. The van der Waals surface area contributed by atoms with Crippen LogP contribution in [0, 0.1) is 0 Å². The number of ether oxygens (including phenoxy) is 3. The van der Waals surface area contributed by atoms with Crippen LogP contribution < -0.4 is 20.2 Å². The molecule has 2 N–H and O–H groups in total. The van der Waals surface area contributed by atoms with E-state index in [1.165, 1.54) is 0 Å². The lowest BCUT2D eigenvalue weighted by atomic mass is 10.0. The highest BCUT2D eigenvalue weighted by molar-refractivity contribution is 6.32. The maximum atomic E-state index is 12.9. The predicted molar refractivity (Wildman–Crippen MR) is 167 cm³/mol. The summed E-state index contributed by atoms with van der Waals surface area (Å²) in [6, 6.07) is 9.14. The summed E-state index contributed by atoms with van der Waals surface area (Å²) >= 11 is 6.41. The number of hydrogen-bond acceptors (Lipinski definition) is 8. The number of anilines is 1. The molecule has 11 nitrogen and oxygen atoms in total. The number of methoxy groups -OCH3 is 2. The van der Waals surface area contributed by atoms with Crippen LogP contribution in [0.3, 0.4) is 0 Å². The van der Waals surface area contributed by atoms with Gasteiger partial charge in [-0.3, -0.25) is 29.6 Å². The van der Waals surface area contributed by atoms with Crippen molar-refractivity contribution in [3.63, 3.8) is 0 Å². The van der Waals surface area contributed by atoms with Crippen LogP contribution in [0.5, 0.6) is 11.5 Å². The lowest BCUT2D eigenvalue weighted by molar-refractivity contribution is -0.134. The van der Waals surface area contributed by atoms with Crippen molar-refractivity contribution in [1.29, 1.82) is 0 Å². The Morgan fingerprint density at radius 2 is 2.09 bits per heavy atom. The predicted octanol–water partition coefficient (Wildman–Crippen LogP) is 3.63. The molecular weight excluding hydrogens is 584 g/mol. The molecule has 0 spiro atoms. The third-order valence-corrected chi connectivity index (χ3v) is 8.80. The second kappa shape index (κ2) is 13.3. The van der Waals surface area contributed by atoms with E-state index in [9.17, 15) is 9.59 Å². The topological polar surface area (TPSA) is 110 Å². The van der Waals surface area contributed by atoms with Crippen molar-refractivity contribution in [3.05, 3.63) is 71.2 Å². The number of halogens is 1. The summed E-state index contributed by atoms with van der Waals surface area (Å²) < 4.78 is 19.2. The molecule has 3 aromatic rings. The number of carbonyl (C=O) groups is 2. The molecule has 6 rings (SSSR count). The van der Waals surface area contributed by atoms with Crippen LogP contribution in [0.4, 0.5) is 5.69 Å². The second-order valence-corrected chi connectivity index (χ2v) is 11.5. The van der Waals surface area contributed by atoms with Crippen molar-refractivity contribution < 1.29 is 23.8 Å². The van der Waals surface area contributed by atoms with Crippen molar-refractivity contribution in [2.75, 3.05) is 59.0 Å². The van der Waals surface area contributed by atoms with Gasteiger partial charge in [0.05, 0.1) is 53.1 Å². The van der Waals surface area contributed by atoms with Gasteiger partial charge in [0.1, 0.15) is 12.4 Å². The molecule has 0 bridgehead atoms. The molecule has 44 heavy (non-hydrogen) atoms. The number of pyridine rings is 1. The van der Waals surface area contributed by atoms with Gasteiger partial charge in [-0.1, -0.05) is 23.7 Å². The number of para-hydroxylation sites is 1. The van der Waals surface area contributed by atoms with Crippen LogP contribution in [-0.4, -0.2) is 97.0 Å². The van der Waals surface area contributed by atoms with E-state index in [2.05, 4.69) is 20.6 Å². The molecule has 2 amide bonds. The van der Waals surface area contributed by atoms with E-state index < -0.39 is 0 Å². The first-order valence-electron chi connectivity index (χ1n) is 14.9. The molecule has 0 unspecified atom stereocenters. The fourth-order valence-electron chi connectivity index (χ4n) is 5.98. The molecule has 3 aliphatic rings. The van der Waals surface area contributed by atoms with Gasteiger partial charge >= 0.3 is 0 Å². The molecule has 2 saturated heterocycles. The number of likely N-dealkylation sites (tertiary alicyclic amines) is 2. The monoisotopic (exact) mass is 620 g/mol. The van der Waals surface area contributed by atoms with E-state index in [1.807, 2.05) is 39.9 Å². The lowest BCUT2D eigenvalue weighted by Gasteiger charge is -2.40. The van der Waals surface area contributed by atoms with Gasteiger partial charge in [-0.05, 0) is 37.1 Å². The summed E-state index contributed by atoms with van der Waals surface area (Å²) in [5.41, 5.74) is 6.98. The second-order valence-electron chi connectivity index (χ2n) is 11.1. The minimum Gasteiger partial charge on any atom is -0.493 e. The summed E-state index contributed by atoms with van der Waals surface area (Å²) in [5.74, 6) is 0.909. The number of nitrogens with one attached hydrogen (secondary N) is 2. The van der Waals surface area contributed by atoms with Crippen LogP contribution in [0.25, 0.3) is 11.3 Å². The van der Waals surface area contributed by atoms with Crippen LogP contribution in [-0.2, 0) is 16.0 Å². The number of amides is 2. The van der Waals surface area contributed by atoms with Crippen LogP contribution in [0.2, 0.25) is 5.02 Å². The molecule has 12 heteroatoms. The zero-order valence-corrected chi connectivity index (χ0v) is 25.7. The fraction of sp³-hybridized carbons (Fsp3) is 0.406. The number of benzene rings is 1.